The Morgan fingerprint density at radius 3 is 2.55 bits per heavy atom. The highest BCUT2D eigenvalue weighted by atomic mass is 16.5. The van der Waals surface area contributed by atoms with E-state index in [-0.39, 0.29) is 5.91 Å². The van der Waals surface area contributed by atoms with E-state index in [1.165, 1.54) is 0 Å². The van der Waals surface area contributed by atoms with Crippen molar-refractivity contribution >= 4 is 11.6 Å². The number of hydrogen-bond donors (Lipinski definition) is 1. The topological polar surface area (TPSA) is 60.5 Å². The first kappa shape index (κ1) is 18.4. The number of pyridine rings is 1. The van der Waals surface area contributed by atoms with Gasteiger partial charge in [-0.2, -0.15) is 0 Å². The molecule has 1 rings (SSSR count). The molecule has 1 atom stereocenters. The maximum absolute atomic E-state index is 12.6. The van der Waals surface area contributed by atoms with E-state index in [9.17, 15) is 4.79 Å². The van der Waals surface area contributed by atoms with Crippen molar-refractivity contribution in [3.63, 3.8) is 0 Å². The molecule has 0 saturated carbocycles. The molecule has 0 saturated heterocycles. The van der Waals surface area contributed by atoms with Crippen molar-refractivity contribution in [2.24, 2.45) is 0 Å². The van der Waals surface area contributed by atoms with E-state index < -0.39 is 5.60 Å². The minimum atomic E-state index is -0.810. The highest BCUT2D eigenvalue weighted by Crippen LogP contribution is 2.23. The molecule has 22 heavy (non-hydrogen) atoms. The summed E-state index contributed by atoms with van der Waals surface area (Å²) in [6.07, 6.45) is 2.45. The van der Waals surface area contributed by atoms with E-state index in [1.807, 2.05) is 40.7 Å². The van der Waals surface area contributed by atoms with Crippen molar-refractivity contribution in [2.45, 2.75) is 59.5 Å². The summed E-state index contributed by atoms with van der Waals surface area (Å²) in [5.74, 6) is 0.438. The molecule has 0 aliphatic rings. The molecule has 0 radical (unpaired) electrons. The van der Waals surface area contributed by atoms with Gasteiger partial charge in [-0.15, -0.1) is 0 Å². The Morgan fingerprint density at radius 1 is 1.27 bits per heavy atom. The minimum absolute atomic E-state index is 0.128. The normalized spacial score (nSPS) is 13.5. The van der Waals surface area contributed by atoms with Crippen LogP contribution in [0.25, 0.3) is 0 Å². The molecule has 0 bridgehead atoms. The Bertz CT molecular complexity index is 491. The summed E-state index contributed by atoms with van der Waals surface area (Å²) in [4.78, 5) is 16.9. The number of hydrogen-bond acceptors (Lipinski definition) is 4. The van der Waals surface area contributed by atoms with Crippen LogP contribution in [0.1, 0.15) is 52.7 Å². The summed E-state index contributed by atoms with van der Waals surface area (Å²) in [6.45, 7) is 10.8. The lowest BCUT2D eigenvalue weighted by Crippen LogP contribution is -2.43. The van der Waals surface area contributed by atoms with Gasteiger partial charge in [-0.05, 0) is 39.7 Å². The second-order valence-electron chi connectivity index (χ2n) is 5.50. The largest absolute Gasteiger partial charge is 0.478 e. The van der Waals surface area contributed by atoms with Gasteiger partial charge >= 0.3 is 0 Å². The van der Waals surface area contributed by atoms with Crippen LogP contribution in [0.15, 0.2) is 12.1 Å². The number of carbonyl (C=O) groups is 1. The van der Waals surface area contributed by atoms with Gasteiger partial charge < -0.3 is 14.8 Å². The number of carbonyl (C=O) groups excluding carboxylic acids is 1. The summed E-state index contributed by atoms with van der Waals surface area (Å²) in [5.41, 5.74) is 0.611. The first-order chi connectivity index (χ1) is 10.5. The standard InChI is InChI=1S/C17H28N2O3/c1-6-11-17(5,22-12-7-2)16(20)19-14-9-10-15(21-8-3)18-13(14)4/h9-10H,6-8,11-12H2,1-5H3,(H,19,20). The average molecular weight is 308 g/mol. The number of aryl methyl sites for hydroxylation is 1. The Balaban J connectivity index is 2.84. The molecule has 124 valence electrons. The van der Waals surface area contributed by atoms with Crippen LogP contribution in [0.2, 0.25) is 0 Å². The summed E-state index contributed by atoms with van der Waals surface area (Å²) < 4.78 is 11.2. The maximum Gasteiger partial charge on any atom is 0.256 e. The van der Waals surface area contributed by atoms with E-state index in [0.717, 1.165) is 18.5 Å². The molecule has 0 aromatic carbocycles. The SMILES string of the molecule is CCCOC(C)(CCC)C(=O)Nc1ccc(OCC)nc1C. The molecule has 0 aliphatic heterocycles. The minimum Gasteiger partial charge on any atom is -0.478 e. The van der Waals surface area contributed by atoms with E-state index in [1.54, 1.807) is 6.07 Å². The molecule has 1 aromatic heterocycles. The van der Waals surface area contributed by atoms with E-state index >= 15 is 0 Å². The van der Waals surface area contributed by atoms with E-state index in [2.05, 4.69) is 10.3 Å². The number of nitrogens with one attached hydrogen (secondary N) is 1. The van der Waals surface area contributed by atoms with Crippen LogP contribution in [0.4, 0.5) is 5.69 Å². The van der Waals surface area contributed by atoms with Crippen LogP contribution in [-0.2, 0) is 9.53 Å². The highest BCUT2D eigenvalue weighted by molar-refractivity contribution is 5.97. The zero-order chi connectivity index (χ0) is 16.6. The maximum atomic E-state index is 12.6. The Labute approximate surface area is 133 Å². The zero-order valence-corrected chi connectivity index (χ0v) is 14.4. The summed E-state index contributed by atoms with van der Waals surface area (Å²) >= 11 is 0. The molecule has 0 aliphatic carbocycles. The van der Waals surface area contributed by atoms with Gasteiger partial charge in [-0.25, -0.2) is 4.98 Å². The summed E-state index contributed by atoms with van der Waals surface area (Å²) in [7, 11) is 0. The fraction of sp³-hybridized carbons (Fsp3) is 0.647. The van der Waals surface area contributed by atoms with Crippen molar-refractivity contribution in [1.29, 1.82) is 0 Å². The molecule has 1 N–H and O–H groups in total. The average Bonchev–Trinajstić information content (AvgIpc) is 2.48. The monoisotopic (exact) mass is 308 g/mol. The third-order valence-electron chi connectivity index (χ3n) is 3.43. The van der Waals surface area contributed by atoms with Gasteiger partial charge in [-0.1, -0.05) is 20.3 Å². The van der Waals surface area contributed by atoms with Crippen molar-refractivity contribution in [2.75, 3.05) is 18.5 Å². The van der Waals surface area contributed by atoms with Crippen molar-refractivity contribution in [3.8, 4) is 5.88 Å². The summed E-state index contributed by atoms with van der Waals surface area (Å²) in [5, 5.41) is 2.93. The number of ether oxygens (including phenoxy) is 2. The van der Waals surface area contributed by atoms with Gasteiger partial charge in [0, 0.05) is 12.7 Å². The van der Waals surface area contributed by atoms with E-state index in [4.69, 9.17) is 9.47 Å². The lowest BCUT2D eigenvalue weighted by Gasteiger charge is -2.28. The molecular formula is C17H28N2O3. The van der Waals surface area contributed by atoms with Crippen LogP contribution in [0.3, 0.4) is 0 Å². The number of aromatic nitrogens is 1. The fourth-order valence-electron chi connectivity index (χ4n) is 2.21. The van der Waals surface area contributed by atoms with Crippen molar-refractivity contribution < 1.29 is 14.3 Å². The quantitative estimate of drug-likeness (QED) is 0.755. The number of nitrogens with zero attached hydrogens (tertiary/aromatic N) is 1. The number of anilines is 1. The predicted octanol–water partition coefficient (Wildman–Crippen LogP) is 3.71. The highest BCUT2D eigenvalue weighted by Gasteiger charge is 2.33. The molecule has 0 spiro atoms. The van der Waals surface area contributed by atoms with Crippen molar-refractivity contribution in [1.82, 2.24) is 4.98 Å². The third kappa shape index (κ3) is 4.98. The molecular weight excluding hydrogens is 280 g/mol. The van der Waals surface area contributed by atoms with Crippen LogP contribution in [-0.4, -0.2) is 29.7 Å². The second-order valence-corrected chi connectivity index (χ2v) is 5.50. The van der Waals surface area contributed by atoms with E-state index in [0.29, 0.717) is 31.2 Å². The van der Waals surface area contributed by atoms with Gasteiger partial charge in [-0.3, -0.25) is 4.79 Å². The van der Waals surface area contributed by atoms with Crippen LogP contribution in [0, 0.1) is 6.92 Å². The molecule has 1 unspecified atom stereocenters. The Hall–Kier alpha value is -1.62. The first-order valence-corrected chi connectivity index (χ1v) is 8.02. The molecule has 1 heterocycles. The molecule has 5 nitrogen and oxygen atoms in total. The Kier molecular flexibility index (Phi) is 7.32. The second kappa shape index (κ2) is 8.73. The molecule has 1 amide bonds. The zero-order valence-electron chi connectivity index (χ0n) is 14.4. The fourth-order valence-corrected chi connectivity index (χ4v) is 2.21. The predicted molar refractivity (Wildman–Crippen MR) is 88.3 cm³/mol. The third-order valence-corrected chi connectivity index (χ3v) is 3.43. The molecule has 5 heteroatoms. The Morgan fingerprint density at radius 2 is 2.00 bits per heavy atom. The van der Waals surface area contributed by atoms with Gasteiger partial charge in [0.05, 0.1) is 18.0 Å². The van der Waals surface area contributed by atoms with Crippen molar-refractivity contribution in [3.05, 3.63) is 17.8 Å². The van der Waals surface area contributed by atoms with Crippen LogP contribution < -0.4 is 10.1 Å². The van der Waals surface area contributed by atoms with Gasteiger partial charge in [0.15, 0.2) is 0 Å². The molecule has 1 aromatic rings. The number of amides is 1. The smallest absolute Gasteiger partial charge is 0.256 e. The van der Waals surface area contributed by atoms with Gasteiger partial charge in [0.2, 0.25) is 5.88 Å². The van der Waals surface area contributed by atoms with Gasteiger partial charge in [0.25, 0.3) is 5.91 Å². The molecule has 0 fully saturated rings. The van der Waals surface area contributed by atoms with Crippen LogP contribution >= 0.6 is 0 Å². The van der Waals surface area contributed by atoms with Gasteiger partial charge in [0.1, 0.15) is 5.60 Å². The lowest BCUT2D eigenvalue weighted by molar-refractivity contribution is -0.140. The summed E-state index contributed by atoms with van der Waals surface area (Å²) in [6, 6.07) is 3.58. The van der Waals surface area contributed by atoms with Crippen LogP contribution in [0.5, 0.6) is 5.88 Å². The lowest BCUT2D eigenvalue weighted by atomic mass is 9.99. The number of rotatable bonds is 9. The first-order valence-electron chi connectivity index (χ1n) is 8.02.